The van der Waals surface area contributed by atoms with Crippen molar-refractivity contribution in [3.8, 4) is 11.5 Å². The predicted octanol–water partition coefficient (Wildman–Crippen LogP) is 2.58. The van der Waals surface area contributed by atoms with Crippen LogP contribution in [0.15, 0.2) is 23.2 Å². The normalized spacial score (nSPS) is 17.8. The van der Waals surface area contributed by atoms with Gasteiger partial charge in [0.25, 0.3) is 0 Å². The van der Waals surface area contributed by atoms with Crippen molar-refractivity contribution in [2.45, 2.75) is 32.7 Å². The van der Waals surface area contributed by atoms with E-state index in [2.05, 4.69) is 22.5 Å². The summed E-state index contributed by atoms with van der Waals surface area (Å²) in [6.07, 6.45) is 2.41. The van der Waals surface area contributed by atoms with Crippen molar-refractivity contribution in [1.82, 2.24) is 10.2 Å². The Hall–Kier alpha value is -1.99. The van der Waals surface area contributed by atoms with Gasteiger partial charge in [0.1, 0.15) is 0 Å². The number of rotatable bonds is 10. The fraction of sp³-hybridized carbons (Fsp3) is 0.650. The molecule has 0 spiro atoms. The van der Waals surface area contributed by atoms with Gasteiger partial charge in [0.05, 0.1) is 26.9 Å². The smallest absolute Gasteiger partial charge is 0.195 e. The molecule has 1 unspecified atom stereocenters. The van der Waals surface area contributed by atoms with Crippen molar-refractivity contribution in [2.75, 3.05) is 58.9 Å². The number of guanidine groups is 1. The zero-order chi connectivity index (χ0) is 19.5. The van der Waals surface area contributed by atoms with E-state index < -0.39 is 0 Å². The molecule has 1 atom stereocenters. The molecule has 2 rings (SSSR count). The molecule has 0 aliphatic carbocycles. The molecule has 7 nitrogen and oxygen atoms in total. The van der Waals surface area contributed by atoms with Gasteiger partial charge in [-0.05, 0) is 45.4 Å². The van der Waals surface area contributed by atoms with E-state index in [1.54, 1.807) is 14.2 Å². The standard InChI is InChI=1S/C20H34N4O3/c1-5-21-20(22-15-17-8-7-11-24(17)12-13-25-3)23-16-9-10-18(27-6-2)19(14-16)26-4/h9-10,14,17H,5-8,11-13,15H2,1-4H3,(H2,21,22,23). The summed E-state index contributed by atoms with van der Waals surface area (Å²) < 4.78 is 16.2. The maximum absolute atomic E-state index is 5.58. The van der Waals surface area contributed by atoms with Crippen LogP contribution in [-0.2, 0) is 4.74 Å². The highest BCUT2D eigenvalue weighted by Gasteiger charge is 2.23. The first-order valence-corrected chi connectivity index (χ1v) is 9.80. The summed E-state index contributed by atoms with van der Waals surface area (Å²) in [6, 6.07) is 6.29. The minimum Gasteiger partial charge on any atom is -0.493 e. The molecule has 0 bridgehead atoms. The number of ether oxygens (including phenoxy) is 3. The first kappa shape index (κ1) is 21.3. The summed E-state index contributed by atoms with van der Waals surface area (Å²) >= 11 is 0. The van der Waals surface area contributed by atoms with Crippen molar-refractivity contribution >= 4 is 11.6 Å². The first-order chi connectivity index (χ1) is 13.2. The van der Waals surface area contributed by atoms with Crippen molar-refractivity contribution in [3.63, 3.8) is 0 Å². The molecule has 1 saturated heterocycles. The Morgan fingerprint density at radius 1 is 1.26 bits per heavy atom. The third-order valence-electron chi connectivity index (χ3n) is 4.61. The number of nitrogens with zero attached hydrogens (tertiary/aromatic N) is 2. The monoisotopic (exact) mass is 378 g/mol. The Morgan fingerprint density at radius 2 is 2.11 bits per heavy atom. The highest BCUT2D eigenvalue weighted by molar-refractivity contribution is 5.93. The van der Waals surface area contributed by atoms with E-state index in [1.165, 1.54) is 12.8 Å². The van der Waals surface area contributed by atoms with Gasteiger partial charge in [0.15, 0.2) is 17.5 Å². The summed E-state index contributed by atoms with van der Waals surface area (Å²) in [6.45, 7) is 9.07. The Bertz CT molecular complexity index is 595. The summed E-state index contributed by atoms with van der Waals surface area (Å²) in [5.41, 5.74) is 0.915. The molecule has 152 valence electrons. The highest BCUT2D eigenvalue weighted by Crippen LogP contribution is 2.30. The second kappa shape index (κ2) is 11.7. The largest absolute Gasteiger partial charge is 0.493 e. The van der Waals surface area contributed by atoms with E-state index in [-0.39, 0.29) is 0 Å². The van der Waals surface area contributed by atoms with E-state index in [0.717, 1.165) is 50.2 Å². The minimum atomic E-state index is 0.477. The van der Waals surface area contributed by atoms with Crippen molar-refractivity contribution in [1.29, 1.82) is 0 Å². The summed E-state index contributed by atoms with van der Waals surface area (Å²) in [5.74, 6) is 2.23. The molecule has 1 aliphatic rings. The van der Waals surface area contributed by atoms with Crippen LogP contribution in [0.2, 0.25) is 0 Å². The van der Waals surface area contributed by atoms with Gasteiger partial charge in [-0.2, -0.15) is 0 Å². The summed E-state index contributed by atoms with van der Waals surface area (Å²) in [7, 11) is 3.40. The third kappa shape index (κ3) is 6.59. The van der Waals surface area contributed by atoms with E-state index >= 15 is 0 Å². The number of nitrogens with one attached hydrogen (secondary N) is 2. The minimum absolute atomic E-state index is 0.477. The van der Waals surface area contributed by atoms with Gasteiger partial charge >= 0.3 is 0 Å². The number of aliphatic imine (C=N–C) groups is 1. The number of hydrogen-bond acceptors (Lipinski definition) is 5. The molecule has 1 fully saturated rings. The van der Waals surface area contributed by atoms with Crippen LogP contribution in [0, 0.1) is 0 Å². The lowest BCUT2D eigenvalue weighted by Crippen LogP contribution is -2.36. The van der Waals surface area contributed by atoms with Gasteiger partial charge in [-0.15, -0.1) is 0 Å². The van der Waals surface area contributed by atoms with E-state index in [4.69, 9.17) is 19.2 Å². The van der Waals surface area contributed by atoms with Gasteiger partial charge in [-0.25, -0.2) is 0 Å². The highest BCUT2D eigenvalue weighted by atomic mass is 16.5. The van der Waals surface area contributed by atoms with Crippen LogP contribution in [0.25, 0.3) is 0 Å². The van der Waals surface area contributed by atoms with Crippen molar-refractivity contribution < 1.29 is 14.2 Å². The fourth-order valence-electron chi connectivity index (χ4n) is 3.27. The van der Waals surface area contributed by atoms with Crippen LogP contribution < -0.4 is 20.1 Å². The quantitative estimate of drug-likeness (QED) is 0.482. The molecule has 0 saturated carbocycles. The molecular formula is C20H34N4O3. The third-order valence-corrected chi connectivity index (χ3v) is 4.61. The molecule has 0 aromatic heterocycles. The van der Waals surface area contributed by atoms with Crippen LogP contribution in [0.4, 0.5) is 5.69 Å². The molecule has 1 aromatic rings. The Labute approximate surface area is 163 Å². The number of benzene rings is 1. The second-order valence-corrected chi connectivity index (χ2v) is 6.47. The molecule has 7 heteroatoms. The first-order valence-electron chi connectivity index (χ1n) is 9.80. The van der Waals surface area contributed by atoms with E-state index in [9.17, 15) is 0 Å². The van der Waals surface area contributed by atoms with Crippen LogP contribution in [-0.4, -0.2) is 70.5 Å². The zero-order valence-corrected chi connectivity index (χ0v) is 17.1. The Balaban J connectivity index is 2.02. The predicted molar refractivity (Wildman–Crippen MR) is 110 cm³/mol. The van der Waals surface area contributed by atoms with Gasteiger partial charge in [0, 0.05) is 38.0 Å². The van der Waals surface area contributed by atoms with Crippen LogP contribution >= 0.6 is 0 Å². The maximum Gasteiger partial charge on any atom is 0.195 e. The van der Waals surface area contributed by atoms with Gasteiger partial charge in [0.2, 0.25) is 0 Å². The number of likely N-dealkylation sites (tertiary alicyclic amines) is 1. The topological polar surface area (TPSA) is 67.4 Å². The fourth-order valence-corrected chi connectivity index (χ4v) is 3.27. The SMILES string of the molecule is CCNC(=NCC1CCCN1CCOC)Nc1ccc(OCC)c(OC)c1. The molecule has 27 heavy (non-hydrogen) atoms. The number of anilines is 1. The molecule has 0 amide bonds. The molecule has 0 radical (unpaired) electrons. The Kier molecular flexibility index (Phi) is 9.21. The molecule has 1 aliphatic heterocycles. The van der Waals surface area contributed by atoms with Gasteiger partial charge in [-0.3, -0.25) is 9.89 Å². The molecule has 1 heterocycles. The summed E-state index contributed by atoms with van der Waals surface area (Å²) in [4.78, 5) is 7.27. The summed E-state index contributed by atoms with van der Waals surface area (Å²) in [5, 5.41) is 6.68. The second-order valence-electron chi connectivity index (χ2n) is 6.47. The zero-order valence-electron chi connectivity index (χ0n) is 17.1. The lowest BCUT2D eigenvalue weighted by Gasteiger charge is -2.23. The van der Waals surface area contributed by atoms with E-state index in [0.29, 0.717) is 18.4 Å². The molecule has 1 aromatic carbocycles. The van der Waals surface area contributed by atoms with E-state index in [1.807, 2.05) is 25.1 Å². The lowest BCUT2D eigenvalue weighted by atomic mass is 10.2. The average Bonchev–Trinajstić information content (AvgIpc) is 3.13. The van der Waals surface area contributed by atoms with Gasteiger partial charge in [-0.1, -0.05) is 0 Å². The van der Waals surface area contributed by atoms with Crippen LogP contribution in [0.3, 0.4) is 0 Å². The maximum atomic E-state index is 5.58. The number of methoxy groups -OCH3 is 2. The number of hydrogen-bond donors (Lipinski definition) is 2. The average molecular weight is 379 g/mol. The van der Waals surface area contributed by atoms with Crippen molar-refractivity contribution in [3.05, 3.63) is 18.2 Å². The Morgan fingerprint density at radius 3 is 2.81 bits per heavy atom. The van der Waals surface area contributed by atoms with Gasteiger partial charge < -0.3 is 24.8 Å². The molecular weight excluding hydrogens is 344 g/mol. The van der Waals surface area contributed by atoms with Crippen LogP contribution in [0.1, 0.15) is 26.7 Å². The lowest BCUT2D eigenvalue weighted by molar-refractivity contribution is 0.143. The van der Waals surface area contributed by atoms with Crippen molar-refractivity contribution in [2.24, 2.45) is 4.99 Å². The van der Waals surface area contributed by atoms with Crippen LogP contribution in [0.5, 0.6) is 11.5 Å². The molecule has 2 N–H and O–H groups in total.